The first-order valence-electron chi connectivity index (χ1n) is 10.8. The lowest BCUT2D eigenvalue weighted by Gasteiger charge is -2.21. The van der Waals surface area contributed by atoms with E-state index in [1.807, 2.05) is 12.1 Å². The van der Waals surface area contributed by atoms with Gasteiger partial charge in [-0.2, -0.15) is 5.26 Å². The SMILES string of the molecule is Cc1c(N[C@@H](c2nnc(-c3ccc(NC(=O)c4ccccc4)cc3)o2)[C@@H](C)O)ccc(C#N)c1Cl. The molecule has 0 fully saturated rings. The molecular formula is C26H22ClN5O3. The van der Waals surface area contributed by atoms with E-state index in [1.165, 1.54) is 0 Å². The van der Waals surface area contributed by atoms with Gasteiger partial charge in [0.05, 0.1) is 16.7 Å². The molecule has 0 unspecified atom stereocenters. The Labute approximate surface area is 207 Å². The van der Waals surface area contributed by atoms with Crippen LogP contribution >= 0.6 is 11.6 Å². The van der Waals surface area contributed by atoms with Crippen LogP contribution in [0.1, 0.15) is 40.3 Å². The lowest BCUT2D eigenvalue weighted by molar-refractivity contribution is 0.102. The van der Waals surface area contributed by atoms with E-state index in [2.05, 4.69) is 20.8 Å². The molecule has 2 atom stereocenters. The molecule has 9 heteroatoms. The molecule has 4 aromatic rings. The van der Waals surface area contributed by atoms with Gasteiger partial charge in [-0.05, 0) is 67.9 Å². The lowest BCUT2D eigenvalue weighted by atomic mass is 10.1. The summed E-state index contributed by atoms with van der Waals surface area (Å²) in [6.07, 6.45) is -0.868. The largest absolute Gasteiger partial charge is 0.418 e. The molecular weight excluding hydrogens is 466 g/mol. The maximum atomic E-state index is 12.3. The van der Waals surface area contributed by atoms with Crippen molar-refractivity contribution in [2.75, 3.05) is 10.6 Å². The third-order valence-electron chi connectivity index (χ3n) is 5.43. The molecule has 1 heterocycles. The fourth-order valence-corrected chi connectivity index (χ4v) is 3.66. The van der Waals surface area contributed by atoms with Crippen molar-refractivity contribution in [3.8, 4) is 17.5 Å². The molecule has 8 nitrogen and oxygen atoms in total. The number of anilines is 2. The predicted octanol–water partition coefficient (Wildman–Crippen LogP) is 5.36. The van der Waals surface area contributed by atoms with Crippen molar-refractivity contribution in [2.45, 2.75) is 26.0 Å². The Morgan fingerprint density at radius 2 is 1.80 bits per heavy atom. The van der Waals surface area contributed by atoms with E-state index in [9.17, 15) is 9.90 Å². The number of aliphatic hydroxyl groups excluding tert-OH is 1. The molecule has 3 N–H and O–H groups in total. The van der Waals surface area contributed by atoms with E-state index in [-0.39, 0.29) is 17.7 Å². The molecule has 1 aromatic heterocycles. The first-order valence-corrected chi connectivity index (χ1v) is 11.2. The van der Waals surface area contributed by atoms with Crippen molar-refractivity contribution in [3.63, 3.8) is 0 Å². The van der Waals surface area contributed by atoms with Crippen LogP contribution in [0.25, 0.3) is 11.5 Å². The maximum Gasteiger partial charge on any atom is 0.255 e. The van der Waals surface area contributed by atoms with E-state index >= 15 is 0 Å². The standard InChI is InChI=1S/C26H22ClN5O3/c1-15-21(13-10-19(14-28)22(15)27)30-23(16(2)33)26-32-31-25(35-26)18-8-11-20(12-9-18)29-24(34)17-6-4-3-5-7-17/h3-13,16,23,30,33H,1-2H3,(H,29,34)/t16-,23-/m1/s1. The van der Waals surface area contributed by atoms with Gasteiger partial charge in [-0.3, -0.25) is 4.79 Å². The van der Waals surface area contributed by atoms with Crippen LogP contribution in [-0.4, -0.2) is 27.3 Å². The first-order chi connectivity index (χ1) is 16.9. The number of aromatic nitrogens is 2. The molecule has 0 spiro atoms. The number of carbonyl (C=O) groups is 1. The topological polar surface area (TPSA) is 124 Å². The second-order valence-electron chi connectivity index (χ2n) is 7.92. The number of hydrogen-bond donors (Lipinski definition) is 3. The van der Waals surface area contributed by atoms with Crippen LogP contribution in [0.4, 0.5) is 11.4 Å². The summed E-state index contributed by atoms with van der Waals surface area (Å²) in [6, 6.07) is 20.6. The molecule has 0 aliphatic rings. The Bertz CT molecular complexity index is 1380. The monoisotopic (exact) mass is 487 g/mol. The molecule has 4 rings (SSSR count). The molecule has 35 heavy (non-hydrogen) atoms. The van der Waals surface area contributed by atoms with Gasteiger partial charge >= 0.3 is 0 Å². The van der Waals surface area contributed by atoms with Crippen molar-refractivity contribution >= 4 is 28.9 Å². The summed E-state index contributed by atoms with van der Waals surface area (Å²) < 4.78 is 5.85. The van der Waals surface area contributed by atoms with Gasteiger partial charge < -0.3 is 20.2 Å². The number of nitrogens with zero attached hydrogens (tertiary/aromatic N) is 3. The fraction of sp³-hybridized carbons (Fsp3) is 0.154. The molecule has 176 valence electrons. The van der Waals surface area contributed by atoms with Crippen LogP contribution < -0.4 is 10.6 Å². The fourth-order valence-electron chi connectivity index (χ4n) is 3.45. The number of nitrogens with one attached hydrogen (secondary N) is 2. The van der Waals surface area contributed by atoms with Gasteiger partial charge in [0.15, 0.2) is 0 Å². The van der Waals surface area contributed by atoms with Crippen molar-refractivity contribution in [1.29, 1.82) is 5.26 Å². The number of benzene rings is 3. The minimum Gasteiger partial charge on any atom is -0.418 e. The second kappa shape index (κ2) is 10.4. The zero-order valence-corrected chi connectivity index (χ0v) is 19.7. The Hall–Kier alpha value is -4.19. The van der Waals surface area contributed by atoms with E-state index in [0.717, 1.165) is 0 Å². The van der Waals surface area contributed by atoms with E-state index < -0.39 is 12.1 Å². The Balaban J connectivity index is 1.51. The van der Waals surface area contributed by atoms with Gasteiger partial charge in [0.1, 0.15) is 12.1 Å². The molecule has 0 aliphatic heterocycles. The number of rotatable bonds is 7. The van der Waals surface area contributed by atoms with Gasteiger partial charge in [0.2, 0.25) is 11.8 Å². The summed E-state index contributed by atoms with van der Waals surface area (Å²) in [5, 5.41) is 34.1. The highest BCUT2D eigenvalue weighted by atomic mass is 35.5. The Kier molecular flexibility index (Phi) is 7.11. The number of nitriles is 1. The molecule has 1 amide bonds. The van der Waals surface area contributed by atoms with Crippen LogP contribution in [0.5, 0.6) is 0 Å². The van der Waals surface area contributed by atoms with Crippen molar-refractivity contribution in [3.05, 3.63) is 94.3 Å². The number of amides is 1. The summed E-state index contributed by atoms with van der Waals surface area (Å²) in [7, 11) is 0. The van der Waals surface area contributed by atoms with Gasteiger partial charge in [0.25, 0.3) is 5.91 Å². The zero-order valence-electron chi connectivity index (χ0n) is 19.0. The summed E-state index contributed by atoms with van der Waals surface area (Å²) in [4.78, 5) is 12.3. The average Bonchev–Trinajstić information content (AvgIpc) is 3.35. The summed E-state index contributed by atoms with van der Waals surface area (Å²) in [5.74, 6) is 0.252. The smallest absolute Gasteiger partial charge is 0.255 e. The molecule has 0 radical (unpaired) electrons. The van der Waals surface area contributed by atoms with Crippen molar-refractivity contribution in [2.24, 2.45) is 0 Å². The second-order valence-corrected chi connectivity index (χ2v) is 8.29. The van der Waals surface area contributed by atoms with Crippen LogP contribution in [-0.2, 0) is 0 Å². The minimum atomic E-state index is -0.868. The Morgan fingerprint density at radius 3 is 2.46 bits per heavy atom. The molecule has 3 aromatic carbocycles. The maximum absolute atomic E-state index is 12.3. The average molecular weight is 488 g/mol. The highest BCUT2D eigenvalue weighted by molar-refractivity contribution is 6.32. The number of halogens is 1. The Morgan fingerprint density at radius 1 is 1.09 bits per heavy atom. The van der Waals surface area contributed by atoms with Crippen molar-refractivity contribution in [1.82, 2.24) is 10.2 Å². The molecule has 0 aliphatic carbocycles. The third-order valence-corrected chi connectivity index (χ3v) is 5.92. The van der Waals surface area contributed by atoms with Crippen molar-refractivity contribution < 1.29 is 14.3 Å². The predicted molar refractivity (Wildman–Crippen MR) is 133 cm³/mol. The van der Waals surface area contributed by atoms with Gasteiger partial charge in [-0.15, -0.1) is 10.2 Å². The summed E-state index contributed by atoms with van der Waals surface area (Å²) in [6.45, 7) is 3.38. The molecule has 0 saturated carbocycles. The lowest BCUT2D eigenvalue weighted by Crippen LogP contribution is -2.23. The third kappa shape index (κ3) is 5.32. The summed E-state index contributed by atoms with van der Waals surface area (Å²) in [5.41, 5.74) is 3.52. The van der Waals surface area contributed by atoms with Gasteiger partial charge in [-0.25, -0.2) is 0 Å². The first kappa shape index (κ1) is 24.0. The molecule has 0 saturated heterocycles. The van der Waals surface area contributed by atoms with Gasteiger partial charge in [-0.1, -0.05) is 29.8 Å². The molecule has 0 bridgehead atoms. The number of carbonyl (C=O) groups excluding carboxylic acids is 1. The summed E-state index contributed by atoms with van der Waals surface area (Å²) >= 11 is 6.27. The normalized spacial score (nSPS) is 12.4. The number of aliphatic hydroxyl groups is 1. The highest BCUT2D eigenvalue weighted by Crippen LogP contribution is 2.31. The minimum absolute atomic E-state index is 0.191. The van der Waals surface area contributed by atoms with Crippen LogP contribution in [0.2, 0.25) is 5.02 Å². The van der Waals surface area contributed by atoms with Crippen LogP contribution in [0.3, 0.4) is 0 Å². The van der Waals surface area contributed by atoms with E-state index in [1.54, 1.807) is 74.5 Å². The zero-order chi connectivity index (χ0) is 24.9. The van der Waals surface area contributed by atoms with Crippen LogP contribution in [0, 0.1) is 18.3 Å². The number of hydrogen-bond acceptors (Lipinski definition) is 7. The van der Waals surface area contributed by atoms with E-state index in [0.29, 0.717) is 38.7 Å². The quantitative estimate of drug-likeness (QED) is 0.320. The van der Waals surface area contributed by atoms with E-state index in [4.69, 9.17) is 21.3 Å². The van der Waals surface area contributed by atoms with Crippen LogP contribution in [0.15, 0.2) is 71.1 Å². The van der Waals surface area contributed by atoms with Gasteiger partial charge in [0, 0.05) is 22.5 Å². The highest BCUT2D eigenvalue weighted by Gasteiger charge is 2.25.